The van der Waals surface area contributed by atoms with E-state index in [0.29, 0.717) is 24.0 Å². The molecule has 27 heavy (non-hydrogen) atoms. The fourth-order valence-electron chi connectivity index (χ4n) is 3.52. The number of sulfonamides is 1. The molecule has 0 bridgehead atoms. The Hall–Kier alpha value is -2.51. The summed E-state index contributed by atoms with van der Waals surface area (Å²) in [5.41, 5.74) is 3.08. The summed E-state index contributed by atoms with van der Waals surface area (Å²) in [4.78, 5) is 3.19. The van der Waals surface area contributed by atoms with E-state index < -0.39 is 15.8 Å². The van der Waals surface area contributed by atoms with E-state index in [2.05, 4.69) is 4.98 Å². The quantitative estimate of drug-likeness (QED) is 0.730. The van der Waals surface area contributed by atoms with Gasteiger partial charge in [-0.3, -0.25) is 0 Å². The fourth-order valence-corrected chi connectivity index (χ4v) is 5.11. The minimum atomic E-state index is -3.69. The van der Waals surface area contributed by atoms with E-state index in [-0.39, 0.29) is 17.3 Å². The van der Waals surface area contributed by atoms with Crippen LogP contribution in [-0.2, 0) is 10.0 Å². The number of halogens is 2. The standard InChI is InChI=1S/C20H18F2N2O2S/c1-13-10-15(21)3-5-20(13)27(25,26)24-8-6-14(7-9-24)18-12-23-19-11-16(22)2-4-17(18)19/h2-6,10-12,23H,7-9H2,1H3. The van der Waals surface area contributed by atoms with Crippen molar-refractivity contribution in [1.29, 1.82) is 0 Å². The van der Waals surface area contributed by atoms with Crippen molar-refractivity contribution >= 4 is 26.5 Å². The third kappa shape index (κ3) is 3.17. The SMILES string of the molecule is Cc1cc(F)ccc1S(=O)(=O)N1CC=C(c2c[nH]c3cc(F)ccc23)CC1. The molecule has 0 saturated heterocycles. The van der Waals surface area contributed by atoms with E-state index in [1.165, 1.54) is 28.6 Å². The van der Waals surface area contributed by atoms with Crippen molar-refractivity contribution in [2.75, 3.05) is 13.1 Å². The van der Waals surface area contributed by atoms with Gasteiger partial charge < -0.3 is 4.98 Å². The number of benzene rings is 2. The molecule has 1 aromatic heterocycles. The summed E-state index contributed by atoms with van der Waals surface area (Å²) in [5.74, 6) is -0.761. The van der Waals surface area contributed by atoms with Gasteiger partial charge in [-0.05, 0) is 60.9 Å². The molecule has 1 N–H and O–H groups in total. The van der Waals surface area contributed by atoms with Crippen LogP contribution in [0.1, 0.15) is 17.5 Å². The van der Waals surface area contributed by atoms with Crippen molar-refractivity contribution in [3.05, 3.63) is 71.4 Å². The van der Waals surface area contributed by atoms with Gasteiger partial charge in [-0.1, -0.05) is 6.08 Å². The highest BCUT2D eigenvalue weighted by Crippen LogP contribution is 2.31. The van der Waals surface area contributed by atoms with Crippen LogP contribution in [0.4, 0.5) is 8.78 Å². The van der Waals surface area contributed by atoms with Crippen molar-refractivity contribution in [2.24, 2.45) is 0 Å². The van der Waals surface area contributed by atoms with Crippen LogP contribution in [0, 0.1) is 18.6 Å². The van der Waals surface area contributed by atoms with E-state index in [0.717, 1.165) is 22.6 Å². The zero-order valence-corrected chi connectivity index (χ0v) is 15.5. The van der Waals surface area contributed by atoms with Crippen molar-refractivity contribution < 1.29 is 17.2 Å². The molecule has 4 nitrogen and oxygen atoms in total. The van der Waals surface area contributed by atoms with E-state index >= 15 is 0 Å². The lowest BCUT2D eigenvalue weighted by Crippen LogP contribution is -2.35. The van der Waals surface area contributed by atoms with Crippen LogP contribution >= 0.6 is 0 Å². The second kappa shape index (κ2) is 6.58. The molecule has 7 heteroatoms. The van der Waals surface area contributed by atoms with Crippen LogP contribution in [0.25, 0.3) is 16.5 Å². The van der Waals surface area contributed by atoms with Gasteiger partial charge in [0, 0.05) is 35.8 Å². The number of nitrogens with zero attached hydrogens (tertiary/aromatic N) is 1. The maximum Gasteiger partial charge on any atom is 0.243 e. The van der Waals surface area contributed by atoms with Crippen LogP contribution in [-0.4, -0.2) is 30.8 Å². The normalized spacial score (nSPS) is 15.9. The Balaban J connectivity index is 1.62. The van der Waals surface area contributed by atoms with Gasteiger partial charge in [0.2, 0.25) is 10.0 Å². The third-order valence-electron chi connectivity index (χ3n) is 4.92. The smallest absolute Gasteiger partial charge is 0.243 e. The van der Waals surface area contributed by atoms with Gasteiger partial charge in [0.05, 0.1) is 4.90 Å². The van der Waals surface area contributed by atoms with Crippen molar-refractivity contribution in [1.82, 2.24) is 9.29 Å². The van der Waals surface area contributed by atoms with Crippen LogP contribution < -0.4 is 0 Å². The van der Waals surface area contributed by atoms with Gasteiger partial charge in [-0.2, -0.15) is 4.31 Å². The summed E-state index contributed by atoms with van der Waals surface area (Å²) in [7, 11) is -3.69. The Morgan fingerprint density at radius 2 is 1.81 bits per heavy atom. The molecule has 3 aromatic rings. The molecule has 0 unspecified atom stereocenters. The summed E-state index contributed by atoms with van der Waals surface area (Å²) < 4.78 is 53.8. The second-order valence-electron chi connectivity index (χ2n) is 6.64. The average Bonchev–Trinajstić information content (AvgIpc) is 3.04. The van der Waals surface area contributed by atoms with E-state index in [1.807, 2.05) is 12.3 Å². The summed E-state index contributed by atoms with van der Waals surface area (Å²) >= 11 is 0. The number of aryl methyl sites for hydroxylation is 1. The zero-order chi connectivity index (χ0) is 19.2. The minimum Gasteiger partial charge on any atom is -0.360 e. The van der Waals surface area contributed by atoms with E-state index in [4.69, 9.17) is 0 Å². The number of fused-ring (bicyclic) bond motifs is 1. The van der Waals surface area contributed by atoms with Crippen molar-refractivity contribution in [3.8, 4) is 0 Å². The molecular weight excluding hydrogens is 370 g/mol. The molecule has 0 aliphatic carbocycles. The summed E-state index contributed by atoms with van der Waals surface area (Å²) in [6.07, 6.45) is 4.25. The maximum atomic E-state index is 13.4. The predicted molar refractivity (Wildman–Crippen MR) is 101 cm³/mol. The fraction of sp³-hybridized carbons (Fsp3) is 0.200. The lowest BCUT2D eigenvalue weighted by molar-refractivity contribution is 0.440. The van der Waals surface area contributed by atoms with E-state index in [9.17, 15) is 17.2 Å². The third-order valence-corrected chi connectivity index (χ3v) is 6.94. The summed E-state index contributed by atoms with van der Waals surface area (Å²) in [6, 6.07) is 8.28. The molecule has 0 radical (unpaired) electrons. The second-order valence-corrected chi connectivity index (χ2v) is 8.55. The van der Waals surface area contributed by atoms with Crippen LogP contribution in [0.3, 0.4) is 0 Å². The first kappa shape index (κ1) is 17.9. The topological polar surface area (TPSA) is 53.2 Å². The molecule has 1 aliphatic rings. The number of rotatable bonds is 3. The highest BCUT2D eigenvalue weighted by Gasteiger charge is 2.28. The molecule has 0 amide bonds. The first-order valence-electron chi connectivity index (χ1n) is 8.58. The van der Waals surface area contributed by atoms with Gasteiger partial charge in [-0.25, -0.2) is 17.2 Å². The summed E-state index contributed by atoms with van der Waals surface area (Å²) in [6.45, 7) is 2.16. The number of hydrogen-bond donors (Lipinski definition) is 1. The zero-order valence-electron chi connectivity index (χ0n) is 14.7. The number of aromatic amines is 1. The Kier molecular flexibility index (Phi) is 4.36. The molecule has 2 aromatic carbocycles. The molecule has 0 fully saturated rings. The Morgan fingerprint density at radius 3 is 2.52 bits per heavy atom. The number of H-pyrrole nitrogens is 1. The molecular formula is C20H18F2N2O2S. The summed E-state index contributed by atoms with van der Waals surface area (Å²) in [5, 5.41) is 0.910. The highest BCUT2D eigenvalue weighted by molar-refractivity contribution is 7.89. The van der Waals surface area contributed by atoms with Crippen molar-refractivity contribution in [2.45, 2.75) is 18.2 Å². The molecule has 0 atom stereocenters. The largest absolute Gasteiger partial charge is 0.360 e. The van der Waals surface area contributed by atoms with E-state index in [1.54, 1.807) is 13.0 Å². The molecule has 2 heterocycles. The molecule has 4 rings (SSSR count). The minimum absolute atomic E-state index is 0.128. The highest BCUT2D eigenvalue weighted by atomic mass is 32.2. The van der Waals surface area contributed by atoms with Crippen LogP contribution in [0.2, 0.25) is 0 Å². The number of nitrogens with one attached hydrogen (secondary N) is 1. The average molecular weight is 388 g/mol. The van der Waals surface area contributed by atoms with Crippen LogP contribution in [0.15, 0.2) is 53.6 Å². The van der Waals surface area contributed by atoms with Gasteiger partial charge in [0.15, 0.2) is 0 Å². The van der Waals surface area contributed by atoms with Crippen molar-refractivity contribution in [3.63, 3.8) is 0 Å². The Bertz CT molecular complexity index is 1170. The maximum absolute atomic E-state index is 13.4. The monoisotopic (exact) mass is 388 g/mol. The lowest BCUT2D eigenvalue weighted by atomic mass is 10.00. The molecule has 140 valence electrons. The van der Waals surface area contributed by atoms with Gasteiger partial charge in [0.1, 0.15) is 11.6 Å². The number of hydrogen-bond acceptors (Lipinski definition) is 2. The van der Waals surface area contributed by atoms with Crippen LogP contribution in [0.5, 0.6) is 0 Å². The molecule has 0 spiro atoms. The van der Waals surface area contributed by atoms with Gasteiger partial charge in [0.25, 0.3) is 0 Å². The Morgan fingerprint density at radius 1 is 1.07 bits per heavy atom. The first-order chi connectivity index (χ1) is 12.9. The molecule has 0 saturated carbocycles. The van der Waals surface area contributed by atoms with Gasteiger partial charge in [-0.15, -0.1) is 0 Å². The predicted octanol–water partition coefficient (Wildman–Crippen LogP) is 4.23. The number of aromatic nitrogens is 1. The Labute approximate surface area is 156 Å². The lowest BCUT2D eigenvalue weighted by Gasteiger charge is -2.26. The first-order valence-corrected chi connectivity index (χ1v) is 10.0. The van der Waals surface area contributed by atoms with Gasteiger partial charge >= 0.3 is 0 Å². The molecule has 1 aliphatic heterocycles.